The normalized spacial score (nSPS) is 18.2. The predicted molar refractivity (Wildman–Crippen MR) is 91.4 cm³/mol. The Morgan fingerprint density at radius 3 is 2.72 bits per heavy atom. The number of piperazine rings is 1. The summed E-state index contributed by atoms with van der Waals surface area (Å²) in [7, 11) is 0. The van der Waals surface area contributed by atoms with Gasteiger partial charge in [0.25, 0.3) is 0 Å². The second-order valence-electron chi connectivity index (χ2n) is 7.24. The van der Waals surface area contributed by atoms with Gasteiger partial charge >= 0.3 is 6.09 Å². The van der Waals surface area contributed by atoms with Gasteiger partial charge in [0.1, 0.15) is 12.2 Å². The molecule has 3 heterocycles. The molecular weight excluding hydrogens is 327 g/mol. The van der Waals surface area contributed by atoms with E-state index in [0.29, 0.717) is 51.8 Å². The summed E-state index contributed by atoms with van der Waals surface area (Å²) in [5.41, 5.74) is 0.204. The monoisotopic (exact) mass is 352 g/mol. The Hall–Kier alpha value is -2.09. The number of halogens is 1. The summed E-state index contributed by atoms with van der Waals surface area (Å²) < 4.78 is 25.5. The van der Waals surface area contributed by atoms with Gasteiger partial charge in [0.05, 0.1) is 0 Å². The van der Waals surface area contributed by atoms with Crippen LogP contribution in [0.15, 0.2) is 6.07 Å². The number of fused-ring (bicyclic) bond motifs is 1. The van der Waals surface area contributed by atoms with Crippen LogP contribution in [0.1, 0.15) is 26.3 Å². The van der Waals surface area contributed by atoms with Gasteiger partial charge in [-0.15, -0.1) is 0 Å². The predicted octanol–water partition coefficient (Wildman–Crippen LogP) is 1.76. The van der Waals surface area contributed by atoms with E-state index in [4.69, 9.17) is 9.47 Å². The van der Waals surface area contributed by atoms with Crippen LogP contribution in [0.2, 0.25) is 0 Å². The Labute approximate surface area is 147 Å². The van der Waals surface area contributed by atoms with Gasteiger partial charge in [0, 0.05) is 44.8 Å². The van der Waals surface area contributed by atoms with Crippen molar-refractivity contribution in [3.63, 3.8) is 0 Å². The molecule has 7 nitrogen and oxygen atoms in total. The molecule has 0 aromatic carbocycles. The minimum atomic E-state index is -0.524. The fraction of sp³-hybridized carbons (Fsp3) is 0.647. The lowest BCUT2D eigenvalue weighted by Gasteiger charge is -2.36. The van der Waals surface area contributed by atoms with Gasteiger partial charge in [-0.05, 0) is 26.8 Å². The van der Waals surface area contributed by atoms with Crippen LogP contribution in [0.4, 0.5) is 15.0 Å². The standard InChI is InChI=1S/C17H25FN4O3/c1-17(2,3)25-16(23)22-7-5-21(6-8-22)14-13(18)10-12-11-19-4-9-24-15(12)20-14/h10,19H,4-9,11H2,1-3H3. The second-order valence-corrected chi connectivity index (χ2v) is 7.24. The second kappa shape index (κ2) is 7.03. The van der Waals surface area contributed by atoms with Gasteiger partial charge in [0.15, 0.2) is 11.6 Å². The third-order valence-electron chi connectivity index (χ3n) is 4.06. The first kappa shape index (κ1) is 17.7. The van der Waals surface area contributed by atoms with Crippen molar-refractivity contribution in [1.82, 2.24) is 15.2 Å². The first-order valence-corrected chi connectivity index (χ1v) is 8.59. The van der Waals surface area contributed by atoms with Crippen molar-refractivity contribution in [2.24, 2.45) is 0 Å². The van der Waals surface area contributed by atoms with Crippen molar-refractivity contribution >= 4 is 11.9 Å². The molecule has 138 valence electrons. The summed E-state index contributed by atoms with van der Waals surface area (Å²) >= 11 is 0. The average molecular weight is 352 g/mol. The Morgan fingerprint density at radius 1 is 1.32 bits per heavy atom. The summed E-state index contributed by atoms with van der Waals surface area (Å²) in [6, 6.07) is 1.48. The Balaban J connectivity index is 1.67. The summed E-state index contributed by atoms with van der Waals surface area (Å²) in [5, 5.41) is 3.16. The maximum absolute atomic E-state index is 14.5. The third-order valence-corrected chi connectivity index (χ3v) is 4.06. The number of ether oxygens (including phenoxy) is 2. The number of carbonyl (C=O) groups is 1. The highest BCUT2D eigenvalue weighted by molar-refractivity contribution is 5.68. The zero-order valence-corrected chi connectivity index (χ0v) is 15.0. The molecule has 1 saturated heterocycles. The van der Waals surface area contributed by atoms with Gasteiger partial charge in [-0.2, -0.15) is 4.98 Å². The molecule has 1 aromatic heterocycles. The zero-order valence-electron chi connectivity index (χ0n) is 15.0. The number of aromatic nitrogens is 1. The Bertz CT molecular complexity index is 640. The van der Waals surface area contributed by atoms with Crippen molar-refractivity contribution in [2.45, 2.75) is 32.9 Å². The van der Waals surface area contributed by atoms with Crippen molar-refractivity contribution in [3.05, 3.63) is 17.4 Å². The fourth-order valence-electron chi connectivity index (χ4n) is 2.84. The van der Waals surface area contributed by atoms with E-state index < -0.39 is 5.60 Å². The third kappa shape index (κ3) is 4.31. The van der Waals surface area contributed by atoms with E-state index in [9.17, 15) is 9.18 Å². The molecule has 25 heavy (non-hydrogen) atoms. The number of anilines is 1. The van der Waals surface area contributed by atoms with Gasteiger partial charge in [-0.25, -0.2) is 9.18 Å². The quantitative estimate of drug-likeness (QED) is 0.831. The number of nitrogens with zero attached hydrogens (tertiary/aromatic N) is 3. The number of pyridine rings is 1. The van der Waals surface area contributed by atoms with E-state index in [0.717, 1.165) is 5.56 Å². The topological polar surface area (TPSA) is 66.9 Å². The molecule has 0 spiro atoms. The van der Waals surface area contributed by atoms with E-state index in [1.807, 2.05) is 25.7 Å². The van der Waals surface area contributed by atoms with E-state index in [1.54, 1.807) is 4.90 Å². The molecule has 3 rings (SSSR count). The average Bonchev–Trinajstić information content (AvgIpc) is 2.77. The van der Waals surface area contributed by atoms with Crippen LogP contribution in [0.5, 0.6) is 5.88 Å². The fourth-order valence-corrected chi connectivity index (χ4v) is 2.84. The summed E-state index contributed by atoms with van der Waals surface area (Å²) in [6.45, 7) is 9.22. The van der Waals surface area contributed by atoms with E-state index in [2.05, 4.69) is 10.3 Å². The minimum absolute atomic E-state index is 0.282. The Kier molecular flexibility index (Phi) is 4.99. The maximum Gasteiger partial charge on any atom is 0.410 e. The number of nitrogens with one attached hydrogen (secondary N) is 1. The first-order valence-electron chi connectivity index (χ1n) is 8.59. The van der Waals surface area contributed by atoms with E-state index in [-0.39, 0.29) is 17.7 Å². The smallest absolute Gasteiger partial charge is 0.410 e. The number of hydrogen-bond acceptors (Lipinski definition) is 6. The number of carbonyl (C=O) groups excluding carboxylic acids is 1. The van der Waals surface area contributed by atoms with Crippen molar-refractivity contribution in [2.75, 3.05) is 44.2 Å². The molecule has 1 N–H and O–H groups in total. The largest absolute Gasteiger partial charge is 0.476 e. The van der Waals surface area contributed by atoms with Crippen LogP contribution in [-0.4, -0.2) is 60.9 Å². The number of amides is 1. The highest BCUT2D eigenvalue weighted by Crippen LogP contribution is 2.27. The summed E-state index contributed by atoms with van der Waals surface area (Å²) in [6.07, 6.45) is -0.336. The maximum atomic E-state index is 14.5. The SMILES string of the molecule is CC(C)(C)OC(=O)N1CCN(c2nc3c(cc2F)CNCCO3)CC1. The molecule has 0 unspecified atom stereocenters. The lowest BCUT2D eigenvalue weighted by molar-refractivity contribution is 0.0240. The van der Waals surface area contributed by atoms with Gasteiger partial charge < -0.3 is 24.6 Å². The van der Waals surface area contributed by atoms with Crippen LogP contribution in [0.3, 0.4) is 0 Å². The highest BCUT2D eigenvalue weighted by atomic mass is 19.1. The molecule has 1 fully saturated rings. The molecule has 2 aliphatic heterocycles. The molecule has 0 radical (unpaired) electrons. The van der Waals surface area contributed by atoms with Gasteiger partial charge in [-0.3, -0.25) is 0 Å². The van der Waals surface area contributed by atoms with Crippen LogP contribution in [0.25, 0.3) is 0 Å². The molecular formula is C17H25FN4O3. The molecule has 0 bridgehead atoms. The molecule has 0 aliphatic carbocycles. The molecule has 8 heteroatoms. The van der Waals surface area contributed by atoms with Crippen LogP contribution in [0, 0.1) is 5.82 Å². The van der Waals surface area contributed by atoms with Crippen LogP contribution in [-0.2, 0) is 11.3 Å². The summed E-state index contributed by atoms with van der Waals surface area (Å²) in [5.74, 6) is 0.400. The van der Waals surface area contributed by atoms with Crippen molar-refractivity contribution < 1.29 is 18.7 Å². The van der Waals surface area contributed by atoms with E-state index in [1.165, 1.54) is 6.07 Å². The summed E-state index contributed by atoms with van der Waals surface area (Å²) in [4.78, 5) is 20.0. The molecule has 2 aliphatic rings. The molecule has 0 saturated carbocycles. The Morgan fingerprint density at radius 2 is 2.04 bits per heavy atom. The van der Waals surface area contributed by atoms with Crippen molar-refractivity contribution in [1.29, 1.82) is 0 Å². The van der Waals surface area contributed by atoms with Crippen molar-refractivity contribution in [3.8, 4) is 5.88 Å². The lowest BCUT2D eigenvalue weighted by atomic mass is 10.2. The van der Waals surface area contributed by atoms with Gasteiger partial charge in [-0.1, -0.05) is 0 Å². The van der Waals surface area contributed by atoms with E-state index >= 15 is 0 Å². The lowest BCUT2D eigenvalue weighted by Crippen LogP contribution is -2.50. The highest BCUT2D eigenvalue weighted by Gasteiger charge is 2.28. The first-order chi connectivity index (χ1) is 11.8. The number of rotatable bonds is 1. The molecule has 1 aromatic rings. The number of hydrogen-bond donors (Lipinski definition) is 1. The molecule has 0 atom stereocenters. The van der Waals surface area contributed by atoms with Crippen LogP contribution >= 0.6 is 0 Å². The molecule has 1 amide bonds. The zero-order chi connectivity index (χ0) is 18.0. The minimum Gasteiger partial charge on any atom is -0.476 e. The van der Waals surface area contributed by atoms with Gasteiger partial charge in [0.2, 0.25) is 5.88 Å². The van der Waals surface area contributed by atoms with Crippen LogP contribution < -0.4 is 15.0 Å².